The summed E-state index contributed by atoms with van der Waals surface area (Å²) < 4.78 is 1.10. The molecule has 0 unspecified atom stereocenters. The highest BCUT2D eigenvalue weighted by Crippen LogP contribution is 2.13. The molecule has 16 heavy (non-hydrogen) atoms. The summed E-state index contributed by atoms with van der Waals surface area (Å²) in [7, 11) is 0. The standard InChI is InChI=1S/C12H17BrN2S/c1-9(2)15(8-12(14)16)7-10-3-5-11(13)6-4-10/h3-6,9H,7-8H2,1-2H3,(H2,14,16). The first-order valence-corrected chi connectivity index (χ1v) is 6.46. The van der Waals surface area contributed by atoms with Gasteiger partial charge in [0.05, 0.1) is 4.99 Å². The predicted molar refractivity (Wildman–Crippen MR) is 76.5 cm³/mol. The van der Waals surface area contributed by atoms with Crippen LogP contribution in [0.25, 0.3) is 0 Å². The van der Waals surface area contributed by atoms with Gasteiger partial charge in [0.25, 0.3) is 0 Å². The molecule has 0 saturated carbocycles. The maximum atomic E-state index is 5.59. The Kier molecular flexibility index (Phi) is 5.38. The van der Waals surface area contributed by atoms with Crippen molar-refractivity contribution in [2.75, 3.05) is 6.54 Å². The zero-order valence-electron chi connectivity index (χ0n) is 9.61. The number of hydrogen-bond acceptors (Lipinski definition) is 2. The van der Waals surface area contributed by atoms with E-state index in [0.717, 1.165) is 11.0 Å². The maximum absolute atomic E-state index is 5.59. The van der Waals surface area contributed by atoms with E-state index in [2.05, 4.69) is 58.9 Å². The van der Waals surface area contributed by atoms with Crippen molar-refractivity contribution >= 4 is 33.1 Å². The van der Waals surface area contributed by atoms with Gasteiger partial charge in [-0.3, -0.25) is 4.90 Å². The first-order valence-electron chi connectivity index (χ1n) is 5.26. The van der Waals surface area contributed by atoms with Crippen LogP contribution in [0.2, 0.25) is 0 Å². The lowest BCUT2D eigenvalue weighted by molar-refractivity contribution is 0.245. The Morgan fingerprint density at radius 3 is 2.38 bits per heavy atom. The molecule has 0 atom stereocenters. The van der Waals surface area contributed by atoms with Gasteiger partial charge in [0.15, 0.2) is 0 Å². The lowest BCUT2D eigenvalue weighted by Crippen LogP contribution is -2.37. The third-order valence-electron chi connectivity index (χ3n) is 2.39. The van der Waals surface area contributed by atoms with Crippen molar-refractivity contribution < 1.29 is 0 Å². The minimum Gasteiger partial charge on any atom is -0.392 e. The molecule has 0 aliphatic rings. The average Bonchev–Trinajstić information content (AvgIpc) is 2.19. The Balaban J connectivity index is 2.67. The molecule has 0 bridgehead atoms. The summed E-state index contributed by atoms with van der Waals surface area (Å²) in [6.07, 6.45) is 0. The van der Waals surface area contributed by atoms with Gasteiger partial charge < -0.3 is 5.73 Å². The zero-order chi connectivity index (χ0) is 12.1. The fourth-order valence-electron chi connectivity index (χ4n) is 1.45. The highest BCUT2D eigenvalue weighted by atomic mass is 79.9. The molecule has 4 heteroatoms. The summed E-state index contributed by atoms with van der Waals surface area (Å²) in [5, 5.41) is 0. The number of nitrogens with zero attached hydrogens (tertiary/aromatic N) is 1. The molecule has 0 aliphatic carbocycles. The Hall–Kier alpha value is -0.450. The molecule has 0 amide bonds. The van der Waals surface area contributed by atoms with Gasteiger partial charge in [-0.1, -0.05) is 40.3 Å². The van der Waals surface area contributed by atoms with E-state index >= 15 is 0 Å². The van der Waals surface area contributed by atoms with Crippen molar-refractivity contribution in [1.29, 1.82) is 0 Å². The van der Waals surface area contributed by atoms with Gasteiger partial charge in [-0.05, 0) is 31.5 Å². The largest absolute Gasteiger partial charge is 0.392 e. The molecule has 0 fully saturated rings. The number of halogens is 1. The van der Waals surface area contributed by atoms with Gasteiger partial charge in [0.1, 0.15) is 0 Å². The van der Waals surface area contributed by atoms with E-state index in [0.29, 0.717) is 17.6 Å². The topological polar surface area (TPSA) is 29.3 Å². The second kappa shape index (κ2) is 6.33. The van der Waals surface area contributed by atoms with Crippen molar-refractivity contribution in [2.24, 2.45) is 5.73 Å². The third kappa shape index (κ3) is 4.60. The normalized spacial score (nSPS) is 11.1. The van der Waals surface area contributed by atoms with Crippen LogP contribution in [0.15, 0.2) is 28.7 Å². The van der Waals surface area contributed by atoms with Crippen LogP contribution in [0.5, 0.6) is 0 Å². The summed E-state index contributed by atoms with van der Waals surface area (Å²) in [6, 6.07) is 8.76. The highest BCUT2D eigenvalue weighted by Gasteiger charge is 2.10. The van der Waals surface area contributed by atoms with Crippen LogP contribution in [0.1, 0.15) is 19.4 Å². The molecule has 0 radical (unpaired) electrons. The number of nitrogens with two attached hydrogens (primary N) is 1. The molecular formula is C12H17BrN2S. The molecule has 88 valence electrons. The van der Waals surface area contributed by atoms with E-state index in [-0.39, 0.29) is 0 Å². The van der Waals surface area contributed by atoms with E-state index in [1.165, 1.54) is 5.56 Å². The monoisotopic (exact) mass is 300 g/mol. The van der Waals surface area contributed by atoms with Gasteiger partial charge in [0, 0.05) is 23.6 Å². The highest BCUT2D eigenvalue weighted by molar-refractivity contribution is 9.10. The van der Waals surface area contributed by atoms with Crippen molar-refractivity contribution in [3.63, 3.8) is 0 Å². The molecule has 1 rings (SSSR count). The fraction of sp³-hybridized carbons (Fsp3) is 0.417. The second-order valence-corrected chi connectivity index (χ2v) is 5.53. The Morgan fingerprint density at radius 2 is 1.94 bits per heavy atom. The average molecular weight is 301 g/mol. The van der Waals surface area contributed by atoms with Crippen LogP contribution in [-0.4, -0.2) is 22.5 Å². The van der Waals surface area contributed by atoms with Crippen molar-refractivity contribution in [2.45, 2.75) is 26.4 Å². The summed E-state index contributed by atoms with van der Waals surface area (Å²) in [5.41, 5.74) is 6.86. The molecule has 2 nitrogen and oxygen atoms in total. The lowest BCUT2D eigenvalue weighted by Gasteiger charge is -2.25. The molecule has 0 aromatic heterocycles. The summed E-state index contributed by atoms with van der Waals surface area (Å²) in [4.78, 5) is 2.80. The molecule has 0 heterocycles. The molecule has 2 N–H and O–H groups in total. The van der Waals surface area contributed by atoms with E-state index in [1.54, 1.807) is 0 Å². The third-order valence-corrected chi connectivity index (χ3v) is 3.05. The number of hydrogen-bond donors (Lipinski definition) is 1. The number of rotatable bonds is 5. The Labute approximate surface area is 111 Å². The van der Waals surface area contributed by atoms with Crippen molar-refractivity contribution in [3.8, 4) is 0 Å². The molecule has 0 saturated heterocycles. The lowest BCUT2D eigenvalue weighted by atomic mass is 10.2. The Morgan fingerprint density at radius 1 is 1.38 bits per heavy atom. The molecule has 0 spiro atoms. The van der Waals surface area contributed by atoms with Crippen LogP contribution in [0.4, 0.5) is 0 Å². The van der Waals surface area contributed by atoms with Crippen LogP contribution >= 0.6 is 28.1 Å². The van der Waals surface area contributed by atoms with Gasteiger partial charge in [-0.25, -0.2) is 0 Å². The van der Waals surface area contributed by atoms with Crippen molar-refractivity contribution in [3.05, 3.63) is 34.3 Å². The van der Waals surface area contributed by atoms with Crippen LogP contribution in [-0.2, 0) is 6.54 Å². The van der Waals surface area contributed by atoms with E-state index in [1.807, 2.05) is 0 Å². The van der Waals surface area contributed by atoms with Crippen LogP contribution < -0.4 is 5.73 Å². The minimum atomic E-state index is 0.435. The van der Waals surface area contributed by atoms with Gasteiger partial charge in [-0.15, -0.1) is 0 Å². The second-order valence-electron chi connectivity index (χ2n) is 4.09. The summed E-state index contributed by atoms with van der Waals surface area (Å²) >= 11 is 8.38. The quantitative estimate of drug-likeness (QED) is 0.848. The van der Waals surface area contributed by atoms with Crippen LogP contribution in [0, 0.1) is 0 Å². The molecule has 1 aromatic rings. The van der Waals surface area contributed by atoms with E-state index in [4.69, 9.17) is 18.0 Å². The first kappa shape index (κ1) is 13.6. The smallest absolute Gasteiger partial charge is 0.0870 e. The predicted octanol–water partition coefficient (Wildman–Crippen LogP) is 2.95. The summed E-state index contributed by atoms with van der Waals surface area (Å²) in [5.74, 6) is 0. The van der Waals surface area contributed by atoms with Gasteiger partial charge >= 0.3 is 0 Å². The van der Waals surface area contributed by atoms with Gasteiger partial charge in [0.2, 0.25) is 0 Å². The molecular weight excluding hydrogens is 284 g/mol. The maximum Gasteiger partial charge on any atom is 0.0870 e. The summed E-state index contributed by atoms with van der Waals surface area (Å²) in [6.45, 7) is 5.85. The van der Waals surface area contributed by atoms with Crippen LogP contribution in [0.3, 0.4) is 0 Å². The first-order chi connectivity index (χ1) is 7.49. The number of benzene rings is 1. The van der Waals surface area contributed by atoms with E-state index in [9.17, 15) is 0 Å². The molecule has 0 aliphatic heterocycles. The van der Waals surface area contributed by atoms with E-state index < -0.39 is 0 Å². The minimum absolute atomic E-state index is 0.435. The van der Waals surface area contributed by atoms with Gasteiger partial charge in [-0.2, -0.15) is 0 Å². The fourth-order valence-corrected chi connectivity index (χ4v) is 1.88. The van der Waals surface area contributed by atoms with Crippen molar-refractivity contribution in [1.82, 2.24) is 4.90 Å². The SMILES string of the molecule is CC(C)N(CC(N)=S)Cc1ccc(Br)cc1. The Bertz CT molecular complexity index is 349. The zero-order valence-corrected chi connectivity index (χ0v) is 12.0. The molecule has 1 aromatic carbocycles. The number of thiocarbonyl (C=S) groups is 1.